The molecule has 5 heteroatoms. The molecule has 0 radical (unpaired) electrons. The molecule has 0 aliphatic rings. The Kier molecular flexibility index (Phi) is 1.86. The highest BCUT2D eigenvalue weighted by atomic mass is 32.1. The van der Waals surface area contributed by atoms with Crippen molar-refractivity contribution < 1.29 is 0 Å². The Morgan fingerprint density at radius 1 is 1.90 bits per heavy atom. The number of anilines is 1. The quantitative estimate of drug-likeness (QED) is 0.531. The zero-order valence-electron chi connectivity index (χ0n) is 5.51. The Bertz CT molecular complexity index is 242. The number of nitrogens with two attached hydrogens (primary N) is 1. The summed E-state index contributed by atoms with van der Waals surface area (Å²) in [6.07, 6.45) is 1.54. The van der Waals surface area contributed by atoms with Gasteiger partial charge < -0.3 is 16.0 Å². The molecule has 0 aromatic carbocycles. The summed E-state index contributed by atoms with van der Waals surface area (Å²) in [5.74, 6) is 0.688. The molecule has 4 nitrogen and oxygen atoms in total. The van der Waals surface area contributed by atoms with Crippen molar-refractivity contribution in [3.63, 3.8) is 0 Å². The molecule has 1 heterocycles. The maximum Gasteiger partial charge on any atom is 0.154 e. The van der Waals surface area contributed by atoms with Crippen LogP contribution in [0.3, 0.4) is 0 Å². The zero-order chi connectivity index (χ0) is 7.56. The van der Waals surface area contributed by atoms with Crippen LogP contribution in [0.5, 0.6) is 0 Å². The number of aromatic amines is 1. The number of rotatable bonds is 2. The van der Waals surface area contributed by atoms with Gasteiger partial charge in [0.25, 0.3) is 0 Å². The normalized spacial score (nSPS) is 9.30. The SMILES string of the molecule is CNc1nc[nH]c1C(N)=S. The van der Waals surface area contributed by atoms with Gasteiger partial charge in [-0.15, -0.1) is 0 Å². The first-order chi connectivity index (χ1) is 4.75. The summed E-state index contributed by atoms with van der Waals surface area (Å²) in [5, 5.41) is 2.85. The maximum absolute atomic E-state index is 5.35. The van der Waals surface area contributed by atoms with Gasteiger partial charge in [-0.05, 0) is 0 Å². The fraction of sp³-hybridized carbons (Fsp3) is 0.200. The van der Waals surface area contributed by atoms with Gasteiger partial charge in [-0.2, -0.15) is 0 Å². The van der Waals surface area contributed by atoms with Crippen LogP contribution in [0, 0.1) is 0 Å². The van der Waals surface area contributed by atoms with Crippen LogP contribution in [0.25, 0.3) is 0 Å². The summed E-state index contributed by atoms with van der Waals surface area (Å²) in [5.41, 5.74) is 6.03. The van der Waals surface area contributed by atoms with Crippen LogP contribution in [0.2, 0.25) is 0 Å². The highest BCUT2D eigenvalue weighted by Gasteiger charge is 2.04. The van der Waals surface area contributed by atoms with Gasteiger partial charge in [-0.3, -0.25) is 0 Å². The number of thiocarbonyl (C=S) groups is 1. The van der Waals surface area contributed by atoms with E-state index in [-0.39, 0.29) is 0 Å². The lowest BCUT2D eigenvalue weighted by molar-refractivity contribution is 1.30. The molecule has 0 atom stereocenters. The molecule has 10 heavy (non-hydrogen) atoms. The molecule has 0 aliphatic heterocycles. The topological polar surface area (TPSA) is 66.7 Å². The van der Waals surface area contributed by atoms with Crippen molar-refractivity contribution >= 4 is 23.0 Å². The Balaban J connectivity index is 3.01. The third kappa shape index (κ3) is 1.08. The molecule has 0 unspecified atom stereocenters. The van der Waals surface area contributed by atoms with Crippen molar-refractivity contribution in [3.8, 4) is 0 Å². The van der Waals surface area contributed by atoms with E-state index in [1.165, 1.54) is 0 Å². The molecule has 54 valence electrons. The molecule has 4 N–H and O–H groups in total. The van der Waals surface area contributed by atoms with Gasteiger partial charge >= 0.3 is 0 Å². The predicted molar refractivity (Wildman–Crippen MR) is 44.0 cm³/mol. The summed E-state index contributed by atoms with van der Waals surface area (Å²) in [7, 11) is 1.76. The molecular formula is C5H8N4S. The van der Waals surface area contributed by atoms with Crippen LogP contribution in [-0.2, 0) is 0 Å². The fourth-order valence-electron chi connectivity index (χ4n) is 0.672. The number of imidazole rings is 1. The van der Waals surface area contributed by atoms with Crippen LogP contribution in [0.1, 0.15) is 5.69 Å². The van der Waals surface area contributed by atoms with Crippen molar-refractivity contribution in [1.29, 1.82) is 0 Å². The monoisotopic (exact) mass is 156 g/mol. The molecule has 0 spiro atoms. The summed E-state index contributed by atoms with van der Waals surface area (Å²) >= 11 is 4.74. The third-order valence-corrected chi connectivity index (χ3v) is 1.33. The molecule has 1 aromatic rings. The summed E-state index contributed by atoms with van der Waals surface area (Å²) < 4.78 is 0. The van der Waals surface area contributed by atoms with Crippen LogP contribution >= 0.6 is 12.2 Å². The second-order valence-corrected chi connectivity index (χ2v) is 2.18. The third-order valence-electron chi connectivity index (χ3n) is 1.12. The predicted octanol–water partition coefficient (Wildman–Crippen LogP) is 0.0856. The molecule has 0 saturated heterocycles. The lowest BCUT2D eigenvalue weighted by Gasteiger charge is -1.96. The number of hydrogen-bond acceptors (Lipinski definition) is 3. The van der Waals surface area contributed by atoms with Crippen LogP contribution in [-0.4, -0.2) is 22.0 Å². The highest BCUT2D eigenvalue weighted by Crippen LogP contribution is 2.06. The van der Waals surface area contributed by atoms with E-state index >= 15 is 0 Å². The molecule has 0 bridgehead atoms. The van der Waals surface area contributed by atoms with E-state index in [2.05, 4.69) is 15.3 Å². The van der Waals surface area contributed by atoms with Gasteiger partial charge in [0.15, 0.2) is 5.82 Å². The lowest BCUT2D eigenvalue weighted by atomic mass is 10.4. The van der Waals surface area contributed by atoms with Crippen molar-refractivity contribution in [1.82, 2.24) is 9.97 Å². The first-order valence-corrected chi connectivity index (χ1v) is 3.17. The second kappa shape index (κ2) is 2.66. The van der Waals surface area contributed by atoms with Gasteiger partial charge in [0, 0.05) is 7.05 Å². The van der Waals surface area contributed by atoms with E-state index in [0.29, 0.717) is 16.5 Å². The first-order valence-electron chi connectivity index (χ1n) is 2.76. The molecule has 0 saturated carbocycles. The van der Waals surface area contributed by atoms with E-state index < -0.39 is 0 Å². The second-order valence-electron chi connectivity index (χ2n) is 1.74. The molecule has 1 aromatic heterocycles. The number of nitrogens with one attached hydrogen (secondary N) is 2. The summed E-state index contributed by atoms with van der Waals surface area (Å²) in [6.45, 7) is 0. The molecular weight excluding hydrogens is 148 g/mol. The van der Waals surface area contributed by atoms with Crippen molar-refractivity contribution in [3.05, 3.63) is 12.0 Å². The average Bonchev–Trinajstić information content (AvgIpc) is 2.33. The molecule has 1 rings (SSSR count). The van der Waals surface area contributed by atoms with Gasteiger partial charge in [-0.1, -0.05) is 12.2 Å². The Morgan fingerprint density at radius 2 is 2.60 bits per heavy atom. The van der Waals surface area contributed by atoms with Crippen molar-refractivity contribution in [2.24, 2.45) is 5.73 Å². The van der Waals surface area contributed by atoms with Crippen LogP contribution < -0.4 is 11.1 Å². The Morgan fingerprint density at radius 3 is 3.00 bits per heavy atom. The number of nitrogens with zero attached hydrogens (tertiary/aromatic N) is 1. The van der Waals surface area contributed by atoms with E-state index in [9.17, 15) is 0 Å². The van der Waals surface area contributed by atoms with Crippen LogP contribution in [0.15, 0.2) is 6.33 Å². The zero-order valence-corrected chi connectivity index (χ0v) is 6.33. The Labute approximate surface area is 63.8 Å². The largest absolute Gasteiger partial charge is 0.388 e. The fourth-order valence-corrected chi connectivity index (χ4v) is 0.827. The maximum atomic E-state index is 5.35. The van der Waals surface area contributed by atoms with Crippen molar-refractivity contribution in [2.45, 2.75) is 0 Å². The minimum atomic E-state index is 0.321. The minimum Gasteiger partial charge on any atom is -0.388 e. The van der Waals surface area contributed by atoms with E-state index in [4.69, 9.17) is 18.0 Å². The summed E-state index contributed by atoms with van der Waals surface area (Å²) in [6, 6.07) is 0. The molecule has 0 fully saturated rings. The van der Waals surface area contributed by atoms with E-state index in [0.717, 1.165) is 0 Å². The smallest absolute Gasteiger partial charge is 0.154 e. The van der Waals surface area contributed by atoms with Crippen LogP contribution in [0.4, 0.5) is 5.82 Å². The standard InChI is InChI=1S/C5H8N4S/c1-7-5-3(4(6)10)8-2-9-5/h2,7H,1H3,(H2,6,10)(H,8,9). The lowest BCUT2D eigenvalue weighted by Crippen LogP contribution is -2.11. The average molecular weight is 156 g/mol. The molecule has 0 amide bonds. The minimum absolute atomic E-state index is 0.321. The highest BCUT2D eigenvalue weighted by molar-refractivity contribution is 7.80. The van der Waals surface area contributed by atoms with Gasteiger partial charge in [0.1, 0.15) is 10.7 Å². The number of H-pyrrole nitrogens is 1. The van der Waals surface area contributed by atoms with E-state index in [1.807, 2.05) is 0 Å². The van der Waals surface area contributed by atoms with Gasteiger partial charge in [-0.25, -0.2) is 4.98 Å². The number of hydrogen-bond donors (Lipinski definition) is 3. The van der Waals surface area contributed by atoms with Gasteiger partial charge in [0.05, 0.1) is 6.33 Å². The van der Waals surface area contributed by atoms with Gasteiger partial charge in [0.2, 0.25) is 0 Å². The Hall–Kier alpha value is -1.10. The molecule has 0 aliphatic carbocycles. The van der Waals surface area contributed by atoms with E-state index in [1.54, 1.807) is 13.4 Å². The van der Waals surface area contributed by atoms with Crippen molar-refractivity contribution in [2.75, 3.05) is 12.4 Å². The first kappa shape index (κ1) is 7.01. The summed E-state index contributed by atoms with van der Waals surface area (Å²) in [4.78, 5) is 7.06. The number of aromatic nitrogens is 2.